The molecule has 4 aliphatic carbocycles. The van der Waals surface area contributed by atoms with E-state index in [1.54, 1.807) is 0 Å². The summed E-state index contributed by atoms with van der Waals surface area (Å²) in [6.45, 7) is 8.83. The van der Waals surface area contributed by atoms with Crippen LogP contribution in [0.15, 0.2) is 36.7 Å². The fourth-order valence-corrected chi connectivity index (χ4v) is 12.7. The lowest BCUT2D eigenvalue weighted by molar-refractivity contribution is -0.136. The zero-order chi connectivity index (χ0) is 46.9. The van der Waals surface area contributed by atoms with E-state index < -0.39 is 24.3 Å². The quantitative estimate of drug-likeness (QED) is 0.115. The molecular formula is C52H64N8O7. The van der Waals surface area contributed by atoms with E-state index in [1.807, 2.05) is 49.9 Å². The topological polar surface area (TPSA) is 192 Å². The van der Waals surface area contributed by atoms with Gasteiger partial charge in [-0.1, -0.05) is 64.8 Å². The summed E-state index contributed by atoms with van der Waals surface area (Å²) >= 11 is 0. The van der Waals surface area contributed by atoms with Gasteiger partial charge in [0.2, 0.25) is 11.8 Å². The molecule has 6 aliphatic rings. The highest BCUT2D eigenvalue weighted by Gasteiger charge is 2.49. The first-order chi connectivity index (χ1) is 32.3. The number of aromatic nitrogens is 4. The number of imidazole rings is 2. The Morgan fingerprint density at radius 1 is 0.657 bits per heavy atom. The van der Waals surface area contributed by atoms with Gasteiger partial charge in [0.25, 0.3) is 0 Å². The molecule has 15 heteroatoms. The van der Waals surface area contributed by atoms with Crippen molar-refractivity contribution in [2.75, 3.05) is 27.3 Å². The Kier molecular flexibility index (Phi) is 11.8. The number of nitrogens with zero attached hydrogens (tertiary/aromatic N) is 4. The number of rotatable bonds is 11. The number of benzene rings is 2. The number of Topliss-reactive ketones (excluding diaryl/α,β-unsaturated/α-hetero) is 1. The predicted octanol–water partition coefficient (Wildman–Crippen LogP) is 8.11. The van der Waals surface area contributed by atoms with Crippen LogP contribution in [-0.2, 0) is 43.1 Å². The predicted molar refractivity (Wildman–Crippen MR) is 251 cm³/mol. The number of fused-ring (bicyclic) bond motifs is 4. The Bertz CT molecular complexity index is 2620. The molecule has 2 saturated heterocycles. The monoisotopic (exact) mass is 912 g/mol. The summed E-state index contributed by atoms with van der Waals surface area (Å²) in [5.74, 6) is 1.41. The van der Waals surface area contributed by atoms with Crippen LogP contribution in [0.3, 0.4) is 0 Å². The van der Waals surface area contributed by atoms with Crippen molar-refractivity contribution in [3.63, 3.8) is 0 Å². The number of ketones is 1. The van der Waals surface area contributed by atoms with Gasteiger partial charge < -0.3 is 39.9 Å². The molecule has 0 radical (unpaired) electrons. The maximum atomic E-state index is 13.9. The third-order valence-electron chi connectivity index (χ3n) is 16.2. The molecule has 354 valence electrons. The lowest BCUT2D eigenvalue weighted by atomic mass is 9.71. The first kappa shape index (κ1) is 44.8. The molecule has 4 amide bonds. The number of hydrogen-bond donors (Lipinski definition) is 4. The third-order valence-corrected chi connectivity index (χ3v) is 16.2. The molecule has 2 aromatic carbocycles. The Balaban J connectivity index is 0.977. The molecule has 6 atom stereocenters. The van der Waals surface area contributed by atoms with E-state index in [0.29, 0.717) is 31.7 Å². The van der Waals surface area contributed by atoms with Crippen molar-refractivity contribution in [2.24, 2.45) is 23.2 Å². The fraction of sp³-hybridized carbons (Fsp3) is 0.558. The highest BCUT2D eigenvalue weighted by Crippen LogP contribution is 2.57. The van der Waals surface area contributed by atoms with E-state index in [4.69, 9.17) is 19.4 Å². The van der Waals surface area contributed by atoms with Crippen LogP contribution in [-0.4, -0.2) is 98.9 Å². The minimum Gasteiger partial charge on any atom is -0.453 e. The normalized spacial score (nSPS) is 23.3. The minimum absolute atomic E-state index is 0.0264. The van der Waals surface area contributed by atoms with Crippen LogP contribution in [0.4, 0.5) is 9.59 Å². The van der Waals surface area contributed by atoms with Crippen molar-refractivity contribution in [3.05, 3.63) is 70.6 Å². The van der Waals surface area contributed by atoms with Gasteiger partial charge in [-0.15, -0.1) is 0 Å². The van der Waals surface area contributed by atoms with Crippen LogP contribution < -0.4 is 10.6 Å². The number of ether oxygens (including phenoxy) is 2. The number of likely N-dealkylation sites (tertiary alicyclic amines) is 2. The molecule has 15 nitrogen and oxygen atoms in total. The molecule has 4 heterocycles. The Morgan fingerprint density at radius 2 is 1.13 bits per heavy atom. The summed E-state index contributed by atoms with van der Waals surface area (Å²) in [7, 11) is 2.60. The van der Waals surface area contributed by atoms with E-state index in [-0.39, 0.29) is 53.0 Å². The van der Waals surface area contributed by atoms with Gasteiger partial charge in [0, 0.05) is 42.5 Å². The number of methoxy groups -OCH3 is 2. The molecule has 4 fully saturated rings. The van der Waals surface area contributed by atoms with Crippen LogP contribution in [0.1, 0.15) is 137 Å². The van der Waals surface area contributed by atoms with Gasteiger partial charge in [0.15, 0.2) is 0 Å². The first-order valence-corrected chi connectivity index (χ1v) is 24.5. The van der Waals surface area contributed by atoms with E-state index in [2.05, 4.69) is 44.9 Å². The SMILES string of the molecule is COC(=O)N[C@H](C(=O)N1CCC[C@H]1c1ncc(-c2ccc(-c3ccc(-c4cnc([C@@H]5CCCN5C(=O)[C@@H](NC(=O)OC)C(C)C)[nH]4)c4c3C3CC(=O)C3C4)c3c2CC2(CCCC2)C3)[nH]1)C(C)C. The third kappa shape index (κ3) is 7.79. The molecule has 2 aliphatic heterocycles. The zero-order valence-electron chi connectivity index (χ0n) is 39.6. The van der Waals surface area contributed by atoms with E-state index >= 15 is 0 Å². The van der Waals surface area contributed by atoms with Gasteiger partial charge in [-0.3, -0.25) is 14.4 Å². The smallest absolute Gasteiger partial charge is 0.407 e. The molecule has 10 rings (SSSR count). The van der Waals surface area contributed by atoms with Crippen LogP contribution >= 0.6 is 0 Å². The summed E-state index contributed by atoms with van der Waals surface area (Å²) in [5.41, 5.74) is 11.9. The van der Waals surface area contributed by atoms with Crippen LogP contribution in [0.5, 0.6) is 0 Å². The lowest BCUT2D eigenvalue weighted by Crippen LogP contribution is -2.51. The average Bonchev–Trinajstić information content (AvgIpc) is 4.18. The highest BCUT2D eigenvalue weighted by atomic mass is 16.5. The Hall–Kier alpha value is -5.99. The molecule has 1 spiro atoms. The first-order valence-electron chi connectivity index (χ1n) is 24.5. The van der Waals surface area contributed by atoms with Gasteiger partial charge in [0.1, 0.15) is 29.5 Å². The maximum Gasteiger partial charge on any atom is 0.407 e. The highest BCUT2D eigenvalue weighted by molar-refractivity contribution is 5.95. The number of carbonyl (C=O) groups excluding carboxylic acids is 5. The zero-order valence-corrected chi connectivity index (χ0v) is 39.6. The molecule has 2 aromatic heterocycles. The molecule has 2 unspecified atom stereocenters. The van der Waals surface area contributed by atoms with Crippen molar-refractivity contribution < 1.29 is 33.4 Å². The lowest BCUT2D eigenvalue weighted by Gasteiger charge is -2.30. The summed E-state index contributed by atoms with van der Waals surface area (Å²) in [5, 5.41) is 5.49. The van der Waals surface area contributed by atoms with Crippen molar-refractivity contribution in [3.8, 4) is 33.6 Å². The minimum atomic E-state index is -0.718. The summed E-state index contributed by atoms with van der Waals surface area (Å²) in [6, 6.07) is 7.11. The van der Waals surface area contributed by atoms with Gasteiger partial charge in [-0.25, -0.2) is 19.6 Å². The second kappa shape index (κ2) is 17.6. The summed E-state index contributed by atoms with van der Waals surface area (Å²) in [6.07, 6.45) is 13.9. The number of amides is 4. The largest absolute Gasteiger partial charge is 0.453 e. The maximum absolute atomic E-state index is 13.9. The van der Waals surface area contributed by atoms with E-state index in [9.17, 15) is 24.0 Å². The Morgan fingerprint density at radius 3 is 1.63 bits per heavy atom. The van der Waals surface area contributed by atoms with Crippen molar-refractivity contribution in [2.45, 2.75) is 135 Å². The molecule has 4 N–H and O–H groups in total. The van der Waals surface area contributed by atoms with Crippen molar-refractivity contribution in [1.82, 2.24) is 40.4 Å². The number of H-pyrrole nitrogens is 2. The Labute approximate surface area is 391 Å². The van der Waals surface area contributed by atoms with E-state index in [1.165, 1.54) is 73.3 Å². The van der Waals surface area contributed by atoms with Gasteiger partial charge in [-0.05, 0) is 108 Å². The fourth-order valence-electron chi connectivity index (χ4n) is 12.7. The second-order valence-corrected chi connectivity index (χ2v) is 20.8. The van der Waals surface area contributed by atoms with Crippen molar-refractivity contribution >= 4 is 29.8 Å². The summed E-state index contributed by atoms with van der Waals surface area (Å²) < 4.78 is 9.68. The standard InChI is InChI=1S/C52H64N8O7/c1-27(2)44(57-50(64)66-5)48(62)59-19-9-11-40(59)46-53-25-38(55-46)30-15-16-32(43-34(30)21-33-35(43)22-42(33)61)29-13-14-31(37-24-52(23-36(29)37)17-7-8-18-52)39-26-54-47(56-39)41-12-10-20-60(41)49(63)45(28(3)4)58-51(65)67-6/h13-16,25-28,33,35,40-41,44-45H,7-12,17-24H2,1-6H3,(H,53,55)(H,54,56)(H,57,64)(H,58,65)/t33?,35?,40-,41-,44-,45-/m0/s1. The number of nitrogens with one attached hydrogen (secondary N) is 4. The molecule has 0 bridgehead atoms. The number of aromatic amines is 2. The average molecular weight is 913 g/mol. The van der Waals surface area contributed by atoms with E-state index in [0.717, 1.165) is 72.7 Å². The van der Waals surface area contributed by atoms with Crippen LogP contribution in [0.2, 0.25) is 0 Å². The number of alkyl carbamates (subject to hydrolysis) is 2. The molecule has 67 heavy (non-hydrogen) atoms. The molecular weight excluding hydrogens is 849 g/mol. The van der Waals surface area contributed by atoms with Crippen LogP contribution in [0.25, 0.3) is 33.6 Å². The summed E-state index contributed by atoms with van der Waals surface area (Å²) in [4.78, 5) is 86.3. The van der Waals surface area contributed by atoms with Crippen molar-refractivity contribution in [1.29, 1.82) is 0 Å². The number of hydrogen-bond acceptors (Lipinski definition) is 9. The van der Waals surface area contributed by atoms with Crippen LogP contribution in [0, 0.1) is 23.2 Å². The van der Waals surface area contributed by atoms with Gasteiger partial charge in [-0.2, -0.15) is 0 Å². The second-order valence-electron chi connectivity index (χ2n) is 20.8. The molecule has 4 aromatic rings. The molecule has 2 saturated carbocycles. The number of carbonyl (C=O) groups is 5. The van der Waals surface area contributed by atoms with Gasteiger partial charge >= 0.3 is 12.2 Å². The van der Waals surface area contributed by atoms with Gasteiger partial charge in [0.05, 0.1) is 50.1 Å².